The zero-order chi connectivity index (χ0) is 18.1. The summed E-state index contributed by atoms with van der Waals surface area (Å²) in [6, 6.07) is 10.6. The van der Waals surface area contributed by atoms with Crippen LogP contribution in [-0.2, 0) is 22.4 Å². The first kappa shape index (κ1) is 17.5. The summed E-state index contributed by atoms with van der Waals surface area (Å²) >= 11 is 3.17. The van der Waals surface area contributed by atoms with Crippen LogP contribution in [0.4, 0.5) is 5.13 Å². The van der Waals surface area contributed by atoms with Crippen molar-refractivity contribution in [2.45, 2.75) is 25.2 Å². The number of aryl methyl sites for hydroxylation is 1. The first-order valence-electron chi connectivity index (χ1n) is 8.77. The quantitative estimate of drug-likeness (QED) is 0.809. The largest absolute Gasteiger partial charge is 0.323 e. The monoisotopic (exact) mass is 387 g/mol. The molecule has 1 saturated heterocycles. The number of fused-ring (bicyclic) bond motifs is 1. The molecule has 2 aromatic rings. The molecule has 2 heterocycles. The van der Waals surface area contributed by atoms with Crippen LogP contribution in [0.1, 0.15) is 28.5 Å². The Morgan fingerprint density at radius 3 is 2.88 bits per heavy atom. The molecule has 26 heavy (non-hydrogen) atoms. The predicted octanol–water partition coefficient (Wildman–Crippen LogP) is 2.91. The maximum absolute atomic E-state index is 12.5. The highest BCUT2D eigenvalue weighted by molar-refractivity contribution is 8.00. The van der Waals surface area contributed by atoms with Crippen molar-refractivity contribution in [1.82, 2.24) is 9.88 Å². The fourth-order valence-electron chi connectivity index (χ4n) is 3.43. The third-order valence-electron chi connectivity index (χ3n) is 5.01. The Morgan fingerprint density at radius 2 is 2.15 bits per heavy atom. The molecule has 1 aromatic heterocycles. The molecular formula is C19H21N3O2S2. The Morgan fingerprint density at radius 1 is 1.35 bits per heavy atom. The zero-order valence-corrected chi connectivity index (χ0v) is 16.3. The summed E-state index contributed by atoms with van der Waals surface area (Å²) in [5, 5.41) is 0.744. The van der Waals surface area contributed by atoms with Crippen LogP contribution in [0, 0.1) is 0 Å². The molecule has 0 saturated carbocycles. The molecule has 1 aliphatic carbocycles. The van der Waals surface area contributed by atoms with E-state index in [2.05, 4.69) is 24.3 Å². The van der Waals surface area contributed by atoms with Gasteiger partial charge in [-0.3, -0.25) is 14.5 Å². The van der Waals surface area contributed by atoms with Crippen molar-refractivity contribution in [1.29, 1.82) is 0 Å². The molecule has 2 amide bonds. The average molecular weight is 388 g/mol. The molecule has 1 atom stereocenters. The standard InChI is InChI=1S/C19H21N3O2S2/c1-21(17(23)10-22-12-25-11-18(22)24)19-20-15-8-7-14(9-16(15)26-19)13-5-3-2-4-6-13/h2-6,14H,7-12H2,1H3/t14-/m1/s1. The van der Waals surface area contributed by atoms with Gasteiger partial charge in [0.2, 0.25) is 11.8 Å². The lowest BCUT2D eigenvalue weighted by Crippen LogP contribution is -2.39. The Hall–Kier alpha value is -1.86. The number of anilines is 1. The van der Waals surface area contributed by atoms with Gasteiger partial charge in [0.25, 0.3) is 0 Å². The molecule has 0 radical (unpaired) electrons. The van der Waals surface area contributed by atoms with Crippen LogP contribution >= 0.6 is 23.1 Å². The number of rotatable bonds is 4. The van der Waals surface area contributed by atoms with E-state index < -0.39 is 0 Å². The van der Waals surface area contributed by atoms with Crippen LogP contribution < -0.4 is 4.90 Å². The van der Waals surface area contributed by atoms with Gasteiger partial charge in [-0.25, -0.2) is 4.98 Å². The number of hydrogen-bond acceptors (Lipinski definition) is 5. The number of benzene rings is 1. The van der Waals surface area contributed by atoms with E-state index in [1.165, 1.54) is 10.4 Å². The molecule has 5 nitrogen and oxygen atoms in total. The summed E-state index contributed by atoms with van der Waals surface area (Å²) in [5.74, 6) is 1.57. The number of nitrogens with zero attached hydrogens (tertiary/aromatic N) is 3. The minimum absolute atomic E-state index is 0.0425. The summed E-state index contributed by atoms with van der Waals surface area (Å²) in [7, 11) is 1.76. The van der Waals surface area contributed by atoms with Crippen molar-refractivity contribution in [3.05, 3.63) is 46.5 Å². The number of carbonyl (C=O) groups excluding carboxylic acids is 2. The van der Waals surface area contributed by atoms with E-state index in [1.807, 2.05) is 6.07 Å². The maximum atomic E-state index is 12.5. The fraction of sp³-hybridized carbons (Fsp3) is 0.421. The van der Waals surface area contributed by atoms with Crippen LogP contribution in [-0.4, -0.2) is 46.9 Å². The number of likely N-dealkylation sites (N-methyl/N-ethyl adjacent to an activating group) is 1. The van der Waals surface area contributed by atoms with Crippen LogP contribution in [0.3, 0.4) is 0 Å². The highest BCUT2D eigenvalue weighted by Crippen LogP contribution is 2.37. The topological polar surface area (TPSA) is 53.5 Å². The fourth-order valence-corrected chi connectivity index (χ4v) is 5.50. The molecule has 4 rings (SSSR count). The highest BCUT2D eigenvalue weighted by Gasteiger charge is 2.28. The molecular weight excluding hydrogens is 366 g/mol. The highest BCUT2D eigenvalue weighted by atomic mass is 32.2. The average Bonchev–Trinajstić information content (AvgIpc) is 3.27. The summed E-state index contributed by atoms with van der Waals surface area (Å²) in [5.41, 5.74) is 2.51. The lowest BCUT2D eigenvalue weighted by molar-refractivity contribution is -0.131. The maximum Gasteiger partial charge on any atom is 0.248 e. The van der Waals surface area contributed by atoms with Gasteiger partial charge < -0.3 is 4.90 Å². The zero-order valence-electron chi connectivity index (χ0n) is 14.7. The third-order valence-corrected chi connectivity index (χ3v) is 7.15. The number of thioether (sulfide) groups is 1. The summed E-state index contributed by atoms with van der Waals surface area (Å²) < 4.78 is 0. The Bertz CT molecular complexity index is 821. The van der Waals surface area contributed by atoms with Gasteiger partial charge >= 0.3 is 0 Å². The second kappa shape index (κ2) is 7.40. The molecule has 136 valence electrons. The number of carbonyl (C=O) groups is 2. The van der Waals surface area contributed by atoms with E-state index >= 15 is 0 Å². The molecule has 1 aliphatic heterocycles. The Kier molecular flexibility index (Phi) is 5.00. The SMILES string of the molecule is CN(C(=O)CN1CSCC1=O)c1nc2c(s1)C[C@H](c1ccccc1)CC2. The number of amides is 2. The second-order valence-electron chi connectivity index (χ2n) is 6.74. The molecule has 7 heteroatoms. The van der Waals surface area contributed by atoms with Crippen molar-refractivity contribution in [2.24, 2.45) is 0 Å². The minimum Gasteiger partial charge on any atom is -0.323 e. The lowest BCUT2D eigenvalue weighted by atomic mass is 9.85. The van der Waals surface area contributed by atoms with Crippen LogP contribution in [0.5, 0.6) is 0 Å². The lowest BCUT2D eigenvalue weighted by Gasteiger charge is -2.21. The summed E-state index contributed by atoms with van der Waals surface area (Å²) in [6.45, 7) is 0.138. The van der Waals surface area contributed by atoms with Crippen LogP contribution in [0.25, 0.3) is 0 Å². The van der Waals surface area contributed by atoms with Gasteiger partial charge in [-0.05, 0) is 30.7 Å². The van der Waals surface area contributed by atoms with Gasteiger partial charge in [0, 0.05) is 11.9 Å². The minimum atomic E-state index is -0.0773. The van der Waals surface area contributed by atoms with Gasteiger partial charge in [-0.1, -0.05) is 30.3 Å². The predicted molar refractivity (Wildman–Crippen MR) is 106 cm³/mol. The molecule has 0 spiro atoms. The molecule has 0 bridgehead atoms. The molecule has 2 aliphatic rings. The van der Waals surface area contributed by atoms with Crippen molar-refractivity contribution in [3.63, 3.8) is 0 Å². The van der Waals surface area contributed by atoms with Gasteiger partial charge in [0.15, 0.2) is 5.13 Å². The number of aromatic nitrogens is 1. The van der Waals surface area contributed by atoms with Gasteiger partial charge in [-0.2, -0.15) is 0 Å². The molecule has 1 aromatic carbocycles. The van der Waals surface area contributed by atoms with E-state index in [0.29, 0.717) is 17.5 Å². The van der Waals surface area contributed by atoms with E-state index in [0.717, 1.165) is 30.1 Å². The third kappa shape index (κ3) is 3.50. The van der Waals surface area contributed by atoms with E-state index in [4.69, 9.17) is 4.98 Å². The Labute approximate surface area is 161 Å². The smallest absolute Gasteiger partial charge is 0.248 e. The Balaban J connectivity index is 1.45. The van der Waals surface area contributed by atoms with Crippen molar-refractivity contribution in [2.75, 3.05) is 30.1 Å². The molecule has 1 fully saturated rings. The van der Waals surface area contributed by atoms with Crippen molar-refractivity contribution in [3.8, 4) is 0 Å². The van der Waals surface area contributed by atoms with E-state index in [1.54, 1.807) is 39.9 Å². The summed E-state index contributed by atoms with van der Waals surface area (Å²) in [6.07, 6.45) is 3.03. The van der Waals surface area contributed by atoms with Gasteiger partial charge in [-0.15, -0.1) is 23.1 Å². The first-order valence-corrected chi connectivity index (χ1v) is 10.7. The number of hydrogen-bond donors (Lipinski definition) is 0. The van der Waals surface area contributed by atoms with Gasteiger partial charge in [0.1, 0.15) is 6.54 Å². The van der Waals surface area contributed by atoms with E-state index in [9.17, 15) is 9.59 Å². The van der Waals surface area contributed by atoms with Crippen molar-refractivity contribution < 1.29 is 9.59 Å². The van der Waals surface area contributed by atoms with Gasteiger partial charge in [0.05, 0.1) is 17.3 Å². The number of thiazole rings is 1. The van der Waals surface area contributed by atoms with E-state index in [-0.39, 0.29) is 18.4 Å². The van der Waals surface area contributed by atoms with Crippen LogP contribution in [0.15, 0.2) is 30.3 Å². The second-order valence-corrected chi connectivity index (χ2v) is 8.76. The van der Waals surface area contributed by atoms with Crippen molar-refractivity contribution >= 4 is 40.0 Å². The first-order chi connectivity index (χ1) is 12.6. The molecule has 0 unspecified atom stereocenters. The van der Waals surface area contributed by atoms with Crippen LogP contribution in [0.2, 0.25) is 0 Å². The summed E-state index contributed by atoms with van der Waals surface area (Å²) in [4.78, 5) is 33.5. The molecule has 0 N–H and O–H groups in total. The normalized spacial score (nSPS) is 19.5.